The van der Waals surface area contributed by atoms with Crippen LogP contribution in [0.5, 0.6) is 0 Å². The van der Waals surface area contributed by atoms with Crippen LogP contribution in [-0.4, -0.2) is 43.5 Å². The molecule has 1 fully saturated rings. The van der Waals surface area contributed by atoms with Crippen LogP contribution in [0, 0.1) is 31.4 Å². The van der Waals surface area contributed by atoms with Crippen molar-refractivity contribution < 1.29 is 13.6 Å². The summed E-state index contributed by atoms with van der Waals surface area (Å²) in [6.07, 6.45) is 3.87. The Morgan fingerprint density at radius 2 is 1.97 bits per heavy atom. The molecule has 0 aliphatic carbocycles. The first-order valence-electron chi connectivity index (χ1n) is 9.79. The van der Waals surface area contributed by atoms with E-state index in [1.54, 1.807) is 4.52 Å². The lowest BCUT2D eigenvalue weighted by Gasteiger charge is -2.17. The van der Waals surface area contributed by atoms with E-state index in [0.29, 0.717) is 43.7 Å². The normalized spacial score (nSPS) is 16.7. The molecule has 0 bridgehead atoms. The van der Waals surface area contributed by atoms with Crippen LogP contribution in [0.4, 0.5) is 8.78 Å². The molecular formula is C21H23F2N5O. The van der Waals surface area contributed by atoms with E-state index in [0.717, 1.165) is 29.4 Å². The zero-order valence-electron chi connectivity index (χ0n) is 16.5. The largest absolute Gasteiger partial charge is 0.342 e. The zero-order chi connectivity index (χ0) is 20.5. The van der Waals surface area contributed by atoms with Gasteiger partial charge >= 0.3 is 0 Å². The van der Waals surface area contributed by atoms with Crippen molar-refractivity contribution in [2.75, 3.05) is 13.1 Å². The predicted octanol–water partition coefficient (Wildman–Crippen LogP) is 3.04. The number of carbonyl (C=O) groups excluding carboxylic acids is 1. The molecule has 1 atom stereocenters. The number of amides is 1. The maximum atomic E-state index is 13.4. The molecule has 1 saturated heterocycles. The molecule has 0 N–H and O–H groups in total. The van der Waals surface area contributed by atoms with E-state index in [4.69, 9.17) is 0 Å². The van der Waals surface area contributed by atoms with Crippen LogP contribution in [0.15, 0.2) is 24.5 Å². The maximum absolute atomic E-state index is 13.4. The highest BCUT2D eigenvalue weighted by molar-refractivity contribution is 5.76. The number of likely N-dealkylation sites (tertiary alicyclic amines) is 1. The summed E-state index contributed by atoms with van der Waals surface area (Å²) in [7, 11) is 0. The highest BCUT2D eigenvalue weighted by Crippen LogP contribution is 2.23. The molecule has 1 aromatic carbocycles. The Labute approximate surface area is 167 Å². The third-order valence-electron chi connectivity index (χ3n) is 5.66. The van der Waals surface area contributed by atoms with Gasteiger partial charge in [0, 0.05) is 37.0 Å². The van der Waals surface area contributed by atoms with Gasteiger partial charge in [-0.2, -0.15) is 10.1 Å². The van der Waals surface area contributed by atoms with Crippen LogP contribution in [0.3, 0.4) is 0 Å². The lowest BCUT2D eigenvalue weighted by molar-refractivity contribution is -0.130. The second-order valence-electron chi connectivity index (χ2n) is 7.71. The number of halogens is 2. The van der Waals surface area contributed by atoms with Crippen molar-refractivity contribution >= 4 is 11.7 Å². The van der Waals surface area contributed by atoms with Crippen molar-refractivity contribution in [3.05, 3.63) is 58.7 Å². The summed E-state index contributed by atoms with van der Waals surface area (Å²) in [5, 5.41) is 4.18. The monoisotopic (exact) mass is 399 g/mol. The van der Waals surface area contributed by atoms with Gasteiger partial charge < -0.3 is 4.90 Å². The number of benzene rings is 1. The fourth-order valence-electron chi connectivity index (χ4n) is 4.20. The van der Waals surface area contributed by atoms with E-state index in [2.05, 4.69) is 15.1 Å². The molecule has 3 aromatic rings. The molecule has 2 aromatic heterocycles. The molecule has 8 heteroatoms. The molecule has 0 spiro atoms. The summed E-state index contributed by atoms with van der Waals surface area (Å²) in [6.45, 7) is 5.18. The fraction of sp³-hybridized carbons (Fsp3) is 0.429. The summed E-state index contributed by atoms with van der Waals surface area (Å²) < 4.78 is 28.5. The first kappa shape index (κ1) is 19.4. The van der Waals surface area contributed by atoms with Crippen molar-refractivity contribution in [1.29, 1.82) is 0 Å². The lowest BCUT2D eigenvalue weighted by Crippen LogP contribution is -2.29. The second-order valence-corrected chi connectivity index (χ2v) is 7.71. The molecule has 1 aliphatic rings. The molecular weight excluding hydrogens is 376 g/mol. The van der Waals surface area contributed by atoms with Gasteiger partial charge in [-0.05, 0) is 62.3 Å². The van der Waals surface area contributed by atoms with Crippen molar-refractivity contribution in [3.8, 4) is 0 Å². The van der Waals surface area contributed by atoms with E-state index in [1.807, 2.05) is 18.7 Å². The number of hydrogen-bond acceptors (Lipinski definition) is 4. The summed E-state index contributed by atoms with van der Waals surface area (Å²) >= 11 is 0. The Hall–Kier alpha value is -2.90. The van der Waals surface area contributed by atoms with Gasteiger partial charge in [-0.1, -0.05) is 0 Å². The molecule has 0 saturated carbocycles. The highest BCUT2D eigenvalue weighted by atomic mass is 19.1. The third kappa shape index (κ3) is 4.11. The number of carbonyl (C=O) groups is 1. The summed E-state index contributed by atoms with van der Waals surface area (Å²) in [6, 6.07) is 3.61. The van der Waals surface area contributed by atoms with E-state index >= 15 is 0 Å². The van der Waals surface area contributed by atoms with E-state index < -0.39 is 11.6 Å². The average Bonchev–Trinajstić information content (AvgIpc) is 3.30. The third-order valence-corrected chi connectivity index (χ3v) is 5.66. The molecule has 6 nitrogen and oxygen atoms in total. The van der Waals surface area contributed by atoms with Crippen molar-refractivity contribution in [2.45, 2.75) is 39.5 Å². The van der Waals surface area contributed by atoms with E-state index in [9.17, 15) is 13.6 Å². The van der Waals surface area contributed by atoms with Crippen LogP contribution < -0.4 is 0 Å². The van der Waals surface area contributed by atoms with Crippen LogP contribution >= 0.6 is 0 Å². The quantitative estimate of drug-likeness (QED) is 0.662. The number of hydrogen-bond donors (Lipinski definition) is 0. The van der Waals surface area contributed by atoms with Crippen LogP contribution in [0.25, 0.3) is 5.78 Å². The van der Waals surface area contributed by atoms with Crippen molar-refractivity contribution in [1.82, 2.24) is 24.5 Å². The summed E-state index contributed by atoms with van der Waals surface area (Å²) in [5.41, 5.74) is 3.47. The molecule has 1 unspecified atom stereocenters. The van der Waals surface area contributed by atoms with Gasteiger partial charge in [0.05, 0.1) is 0 Å². The smallest absolute Gasteiger partial charge is 0.252 e. The minimum absolute atomic E-state index is 0.0930. The lowest BCUT2D eigenvalue weighted by atomic mass is 9.98. The molecule has 152 valence electrons. The van der Waals surface area contributed by atoms with Gasteiger partial charge in [-0.25, -0.2) is 18.3 Å². The minimum Gasteiger partial charge on any atom is -0.342 e. The highest BCUT2D eigenvalue weighted by Gasteiger charge is 2.26. The standard InChI is InChI=1S/C21H23F2N5O/c1-13-19(14(2)28-21(26-13)24-12-25-28)3-4-20(29)27-6-5-15(11-27)7-16-8-17(22)10-18(23)9-16/h8-10,12,15H,3-7,11H2,1-2H3. The second kappa shape index (κ2) is 7.85. The molecule has 1 amide bonds. The van der Waals surface area contributed by atoms with Crippen LogP contribution in [-0.2, 0) is 17.6 Å². The summed E-state index contributed by atoms with van der Waals surface area (Å²) in [4.78, 5) is 23.1. The van der Waals surface area contributed by atoms with Gasteiger partial charge in [0.25, 0.3) is 5.78 Å². The van der Waals surface area contributed by atoms with Crippen LogP contribution in [0.1, 0.15) is 35.4 Å². The molecule has 4 rings (SSSR count). The van der Waals surface area contributed by atoms with E-state index in [1.165, 1.54) is 18.5 Å². The number of aryl methyl sites for hydroxylation is 2. The number of rotatable bonds is 5. The Kier molecular flexibility index (Phi) is 5.25. The van der Waals surface area contributed by atoms with Crippen molar-refractivity contribution in [3.63, 3.8) is 0 Å². The first-order valence-corrected chi connectivity index (χ1v) is 9.79. The topological polar surface area (TPSA) is 63.4 Å². The maximum Gasteiger partial charge on any atom is 0.252 e. The van der Waals surface area contributed by atoms with Gasteiger partial charge in [-0.15, -0.1) is 0 Å². The van der Waals surface area contributed by atoms with Crippen molar-refractivity contribution in [2.24, 2.45) is 5.92 Å². The predicted molar refractivity (Wildman–Crippen MR) is 103 cm³/mol. The minimum atomic E-state index is -0.561. The SMILES string of the molecule is Cc1nc2ncnn2c(C)c1CCC(=O)N1CCC(Cc2cc(F)cc(F)c2)C1. The van der Waals surface area contributed by atoms with Gasteiger partial charge in [0.2, 0.25) is 5.91 Å². The Morgan fingerprint density at radius 3 is 2.72 bits per heavy atom. The molecule has 29 heavy (non-hydrogen) atoms. The molecule has 1 aliphatic heterocycles. The molecule has 0 radical (unpaired) electrons. The molecule has 3 heterocycles. The Morgan fingerprint density at radius 1 is 1.21 bits per heavy atom. The Bertz CT molecular complexity index is 1040. The number of fused-ring (bicyclic) bond motifs is 1. The number of nitrogens with zero attached hydrogens (tertiary/aromatic N) is 5. The van der Waals surface area contributed by atoms with Crippen LogP contribution in [0.2, 0.25) is 0 Å². The average molecular weight is 399 g/mol. The Balaban J connectivity index is 1.36. The number of aromatic nitrogens is 4. The summed E-state index contributed by atoms with van der Waals surface area (Å²) in [5.74, 6) is -0.247. The fourth-order valence-corrected chi connectivity index (χ4v) is 4.20. The van der Waals surface area contributed by atoms with Gasteiger partial charge in [0.15, 0.2) is 0 Å². The zero-order valence-corrected chi connectivity index (χ0v) is 16.5. The van der Waals surface area contributed by atoms with Gasteiger partial charge in [-0.3, -0.25) is 4.79 Å². The first-order chi connectivity index (χ1) is 13.9. The van der Waals surface area contributed by atoms with E-state index in [-0.39, 0.29) is 11.8 Å². The van der Waals surface area contributed by atoms with Gasteiger partial charge in [0.1, 0.15) is 18.0 Å².